The van der Waals surface area contributed by atoms with Crippen LogP contribution in [0.3, 0.4) is 0 Å². The van der Waals surface area contributed by atoms with Gasteiger partial charge in [0.05, 0.1) is 13.2 Å². The zero-order valence-electron chi connectivity index (χ0n) is 22.4. The van der Waals surface area contributed by atoms with Crippen LogP contribution in [0.2, 0.25) is 0 Å². The lowest BCUT2D eigenvalue weighted by molar-refractivity contribution is 0.263. The molecule has 0 amide bonds. The standard InChI is InChI=1S/C21H24O4.2C6H6O/c1-21(2,15-3-7-17(8-4-15)22-11-19-13-24-19)16-5-9-18(10-6-16)23-12-20-14-25-20;2*7-6-4-2-1-3-5-6/h3-10,19-20H,11-14H2,1-2H3;2*1-5,7H. The van der Waals surface area contributed by atoms with E-state index in [1.165, 1.54) is 11.1 Å². The van der Waals surface area contributed by atoms with E-state index in [-0.39, 0.29) is 17.6 Å². The third-order valence-electron chi connectivity index (χ3n) is 6.34. The van der Waals surface area contributed by atoms with Crippen LogP contribution in [0.25, 0.3) is 0 Å². The Balaban J connectivity index is 0.000000205. The molecule has 0 saturated carbocycles. The van der Waals surface area contributed by atoms with Crippen LogP contribution < -0.4 is 9.47 Å². The number of rotatable bonds is 8. The van der Waals surface area contributed by atoms with Crippen molar-refractivity contribution in [3.05, 3.63) is 120 Å². The zero-order chi connectivity index (χ0) is 27.5. The lowest BCUT2D eigenvalue weighted by Crippen LogP contribution is -2.18. The summed E-state index contributed by atoms with van der Waals surface area (Å²) in [5.41, 5.74) is 2.42. The number of phenolic OH excluding ortho intramolecular Hbond substituents is 2. The first-order valence-electron chi connectivity index (χ1n) is 13.1. The summed E-state index contributed by atoms with van der Waals surface area (Å²) in [6, 6.07) is 34.1. The molecule has 2 atom stereocenters. The van der Waals surface area contributed by atoms with Crippen LogP contribution in [-0.4, -0.2) is 48.8 Å². The van der Waals surface area contributed by atoms with E-state index in [2.05, 4.69) is 38.1 Å². The second kappa shape index (κ2) is 13.7. The topological polar surface area (TPSA) is 84.0 Å². The van der Waals surface area contributed by atoms with E-state index in [1.54, 1.807) is 48.5 Å². The number of aromatic hydroxyl groups is 2. The maximum atomic E-state index is 8.63. The van der Waals surface area contributed by atoms with E-state index < -0.39 is 0 Å². The molecule has 0 aliphatic carbocycles. The van der Waals surface area contributed by atoms with Crippen molar-refractivity contribution >= 4 is 0 Å². The largest absolute Gasteiger partial charge is 0.508 e. The molecule has 6 rings (SSSR count). The van der Waals surface area contributed by atoms with Crippen LogP contribution in [0, 0.1) is 0 Å². The summed E-state index contributed by atoms with van der Waals surface area (Å²) in [6.07, 6.45) is 0.562. The highest BCUT2D eigenvalue weighted by atomic mass is 16.6. The minimum atomic E-state index is -0.0870. The smallest absolute Gasteiger partial charge is 0.119 e. The van der Waals surface area contributed by atoms with E-state index in [4.69, 9.17) is 29.2 Å². The summed E-state index contributed by atoms with van der Waals surface area (Å²) in [4.78, 5) is 0. The number of para-hydroxylation sites is 2. The van der Waals surface area contributed by atoms with Crippen LogP contribution in [0.4, 0.5) is 0 Å². The molecule has 2 fully saturated rings. The summed E-state index contributed by atoms with van der Waals surface area (Å²) >= 11 is 0. The first kappa shape index (κ1) is 28.0. The molecule has 4 aromatic carbocycles. The van der Waals surface area contributed by atoms with Gasteiger partial charge in [0.25, 0.3) is 0 Å². The van der Waals surface area contributed by atoms with Gasteiger partial charge >= 0.3 is 0 Å². The summed E-state index contributed by atoms with van der Waals surface area (Å²) in [7, 11) is 0. The van der Waals surface area contributed by atoms with Crippen molar-refractivity contribution in [2.45, 2.75) is 31.5 Å². The highest BCUT2D eigenvalue weighted by Crippen LogP contribution is 2.33. The summed E-state index contributed by atoms with van der Waals surface area (Å²) in [6.45, 7) is 7.37. The average Bonchev–Trinajstić information content (AvgIpc) is 3.89. The second-order valence-electron chi connectivity index (χ2n) is 9.88. The minimum absolute atomic E-state index is 0.0870. The lowest BCUT2D eigenvalue weighted by atomic mass is 9.78. The average molecular weight is 529 g/mol. The van der Waals surface area contributed by atoms with Gasteiger partial charge in [-0.15, -0.1) is 0 Å². The van der Waals surface area contributed by atoms with E-state index in [0.29, 0.717) is 24.7 Å². The van der Waals surface area contributed by atoms with Gasteiger partial charge in [0.15, 0.2) is 0 Å². The van der Waals surface area contributed by atoms with Crippen molar-refractivity contribution in [3.8, 4) is 23.0 Å². The van der Waals surface area contributed by atoms with Crippen molar-refractivity contribution in [1.82, 2.24) is 0 Å². The Morgan fingerprint density at radius 3 is 1.18 bits per heavy atom. The number of hydrogen-bond donors (Lipinski definition) is 2. The molecule has 2 saturated heterocycles. The van der Waals surface area contributed by atoms with Crippen LogP contribution in [0.1, 0.15) is 25.0 Å². The Labute approximate surface area is 230 Å². The van der Waals surface area contributed by atoms with Crippen molar-refractivity contribution in [2.75, 3.05) is 26.4 Å². The summed E-state index contributed by atoms with van der Waals surface area (Å²) in [5.74, 6) is 2.42. The first-order chi connectivity index (χ1) is 18.9. The molecule has 2 unspecified atom stereocenters. The minimum Gasteiger partial charge on any atom is -0.508 e. The van der Waals surface area contributed by atoms with E-state index in [0.717, 1.165) is 24.7 Å². The number of epoxide rings is 2. The van der Waals surface area contributed by atoms with Crippen LogP contribution >= 0.6 is 0 Å². The molecule has 204 valence electrons. The van der Waals surface area contributed by atoms with Gasteiger partial charge in [-0.1, -0.05) is 74.5 Å². The molecule has 4 aromatic rings. The zero-order valence-corrected chi connectivity index (χ0v) is 22.4. The second-order valence-corrected chi connectivity index (χ2v) is 9.88. The fourth-order valence-electron chi connectivity index (χ4n) is 3.67. The van der Waals surface area contributed by atoms with Gasteiger partial charge in [-0.3, -0.25) is 0 Å². The van der Waals surface area contributed by atoms with Gasteiger partial charge in [-0.25, -0.2) is 0 Å². The van der Waals surface area contributed by atoms with Crippen LogP contribution in [0.5, 0.6) is 23.0 Å². The maximum Gasteiger partial charge on any atom is 0.119 e. The molecule has 0 bridgehead atoms. The molecule has 2 aliphatic heterocycles. The van der Waals surface area contributed by atoms with Crippen LogP contribution in [0.15, 0.2) is 109 Å². The normalized spacial score (nSPS) is 17.0. The number of hydrogen-bond acceptors (Lipinski definition) is 6. The summed E-state index contributed by atoms with van der Waals surface area (Å²) < 4.78 is 21.8. The molecule has 2 heterocycles. The predicted octanol–water partition coefficient (Wildman–Crippen LogP) is 6.35. The fourth-order valence-corrected chi connectivity index (χ4v) is 3.67. The maximum absolute atomic E-state index is 8.63. The van der Waals surface area contributed by atoms with Crippen LogP contribution in [-0.2, 0) is 14.9 Å². The third-order valence-corrected chi connectivity index (χ3v) is 6.34. The molecule has 0 aromatic heterocycles. The molecule has 39 heavy (non-hydrogen) atoms. The monoisotopic (exact) mass is 528 g/mol. The quantitative estimate of drug-likeness (QED) is 0.259. The van der Waals surface area contributed by atoms with Crippen molar-refractivity contribution in [2.24, 2.45) is 0 Å². The Hall–Kier alpha value is -4.00. The molecule has 2 N–H and O–H groups in total. The Morgan fingerprint density at radius 1 is 0.590 bits per heavy atom. The van der Waals surface area contributed by atoms with E-state index >= 15 is 0 Å². The Kier molecular flexibility index (Phi) is 9.84. The number of benzene rings is 4. The van der Waals surface area contributed by atoms with E-state index in [9.17, 15) is 0 Å². The summed E-state index contributed by atoms with van der Waals surface area (Å²) in [5, 5.41) is 17.3. The van der Waals surface area contributed by atoms with Gasteiger partial charge in [0.1, 0.15) is 48.4 Å². The number of ether oxygens (including phenoxy) is 4. The molecule has 6 heteroatoms. The Bertz CT molecular complexity index is 1130. The molecule has 6 nitrogen and oxygen atoms in total. The molecule has 0 spiro atoms. The van der Waals surface area contributed by atoms with Gasteiger partial charge in [-0.2, -0.15) is 0 Å². The van der Waals surface area contributed by atoms with Gasteiger partial charge in [0, 0.05) is 5.41 Å². The molecular formula is C33H36O6. The predicted molar refractivity (Wildman–Crippen MR) is 152 cm³/mol. The third kappa shape index (κ3) is 9.67. The Morgan fingerprint density at radius 2 is 0.923 bits per heavy atom. The van der Waals surface area contributed by atoms with Crippen molar-refractivity contribution in [3.63, 3.8) is 0 Å². The molecular weight excluding hydrogens is 492 g/mol. The highest BCUT2D eigenvalue weighted by Gasteiger charge is 2.25. The van der Waals surface area contributed by atoms with Crippen molar-refractivity contribution in [1.29, 1.82) is 0 Å². The first-order valence-corrected chi connectivity index (χ1v) is 13.1. The highest BCUT2D eigenvalue weighted by molar-refractivity contribution is 5.41. The van der Waals surface area contributed by atoms with Gasteiger partial charge < -0.3 is 29.2 Å². The van der Waals surface area contributed by atoms with Gasteiger partial charge in [-0.05, 0) is 59.7 Å². The molecule has 0 radical (unpaired) electrons. The van der Waals surface area contributed by atoms with E-state index in [1.807, 2.05) is 36.4 Å². The van der Waals surface area contributed by atoms with Gasteiger partial charge in [0.2, 0.25) is 0 Å². The van der Waals surface area contributed by atoms with Crippen molar-refractivity contribution < 1.29 is 29.2 Å². The number of phenols is 2. The fraction of sp³-hybridized carbons (Fsp3) is 0.273. The lowest BCUT2D eigenvalue weighted by Gasteiger charge is -2.26. The SMILES string of the molecule is CC(C)(c1ccc(OCC2CO2)cc1)c1ccc(OCC2CO2)cc1.Oc1ccccc1.Oc1ccccc1. The molecule has 2 aliphatic rings.